The van der Waals surface area contributed by atoms with Gasteiger partial charge in [-0.3, -0.25) is 4.79 Å². The van der Waals surface area contributed by atoms with E-state index in [1.54, 1.807) is 0 Å². The summed E-state index contributed by atoms with van der Waals surface area (Å²) in [4.78, 5) is 12.1. The topological polar surface area (TPSA) is 38.3 Å². The summed E-state index contributed by atoms with van der Waals surface area (Å²) in [5.41, 5.74) is 5.10. The fourth-order valence-corrected chi connectivity index (χ4v) is 2.99. The number of anilines is 1. The lowest BCUT2D eigenvalue weighted by molar-refractivity contribution is -0.118. The first-order valence-corrected chi connectivity index (χ1v) is 7.93. The first-order chi connectivity index (χ1) is 10.4. The highest BCUT2D eigenvalue weighted by Crippen LogP contribution is 2.25. The lowest BCUT2D eigenvalue weighted by atomic mass is 10.1. The first kappa shape index (κ1) is 16.6. The molecule has 0 heterocycles. The SMILES string of the molecule is Cc1cccc(OCC(=O)Nc2c(C)cc(Br)cc2C)c1C. The van der Waals surface area contributed by atoms with Gasteiger partial charge < -0.3 is 10.1 Å². The molecule has 22 heavy (non-hydrogen) atoms. The molecular formula is C18H20BrNO2. The minimum absolute atomic E-state index is 0.000757. The van der Waals surface area contributed by atoms with Crippen LogP contribution in [0.15, 0.2) is 34.8 Å². The molecule has 2 aromatic rings. The molecule has 0 saturated carbocycles. The second kappa shape index (κ2) is 6.97. The van der Waals surface area contributed by atoms with Gasteiger partial charge in [-0.2, -0.15) is 0 Å². The number of nitrogens with one attached hydrogen (secondary N) is 1. The van der Waals surface area contributed by atoms with Crippen molar-refractivity contribution in [3.05, 3.63) is 57.1 Å². The molecule has 0 atom stereocenters. The predicted octanol–water partition coefficient (Wildman–Crippen LogP) is 4.70. The predicted molar refractivity (Wildman–Crippen MR) is 93.7 cm³/mol. The molecule has 2 aromatic carbocycles. The molecule has 116 valence electrons. The van der Waals surface area contributed by atoms with Gasteiger partial charge in [0, 0.05) is 10.2 Å². The number of halogens is 1. The minimum atomic E-state index is -0.158. The highest BCUT2D eigenvalue weighted by atomic mass is 79.9. The average molecular weight is 362 g/mol. The standard InChI is InChI=1S/C18H20BrNO2/c1-11-6-5-7-16(14(11)4)22-10-17(21)20-18-12(2)8-15(19)9-13(18)3/h5-9H,10H2,1-4H3,(H,20,21). The molecule has 3 nitrogen and oxygen atoms in total. The zero-order valence-electron chi connectivity index (χ0n) is 13.3. The van der Waals surface area contributed by atoms with Crippen molar-refractivity contribution in [3.8, 4) is 5.75 Å². The van der Waals surface area contributed by atoms with Gasteiger partial charge >= 0.3 is 0 Å². The van der Waals surface area contributed by atoms with Crippen molar-refractivity contribution < 1.29 is 9.53 Å². The van der Waals surface area contributed by atoms with Crippen LogP contribution in [-0.2, 0) is 4.79 Å². The Labute approximate surface area is 139 Å². The second-order valence-corrected chi connectivity index (χ2v) is 6.37. The van der Waals surface area contributed by atoms with Crippen LogP contribution in [0, 0.1) is 27.7 Å². The van der Waals surface area contributed by atoms with Crippen LogP contribution in [0.5, 0.6) is 5.75 Å². The number of benzene rings is 2. The number of amides is 1. The van der Waals surface area contributed by atoms with Crippen LogP contribution >= 0.6 is 15.9 Å². The molecule has 1 amide bonds. The van der Waals surface area contributed by atoms with Crippen LogP contribution in [0.25, 0.3) is 0 Å². The van der Waals surface area contributed by atoms with E-state index in [1.807, 2.05) is 58.0 Å². The monoisotopic (exact) mass is 361 g/mol. The molecule has 2 rings (SSSR count). The number of hydrogen-bond donors (Lipinski definition) is 1. The maximum atomic E-state index is 12.1. The van der Waals surface area contributed by atoms with Crippen LogP contribution < -0.4 is 10.1 Å². The summed E-state index contributed by atoms with van der Waals surface area (Å²) in [7, 11) is 0. The Hall–Kier alpha value is -1.81. The molecular weight excluding hydrogens is 342 g/mol. The van der Waals surface area contributed by atoms with Crippen LogP contribution in [0.1, 0.15) is 22.3 Å². The quantitative estimate of drug-likeness (QED) is 0.856. The highest BCUT2D eigenvalue weighted by molar-refractivity contribution is 9.10. The van der Waals surface area contributed by atoms with E-state index in [-0.39, 0.29) is 12.5 Å². The smallest absolute Gasteiger partial charge is 0.262 e. The molecule has 0 saturated heterocycles. The van der Waals surface area contributed by atoms with Gasteiger partial charge in [-0.1, -0.05) is 28.1 Å². The van der Waals surface area contributed by atoms with Crippen LogP contribution in [0.2, 0.25) is 0 Å². The fraction of sp³-hybridized carbons (Fsp3) is 0.278. The first-order valence-electron chi connectivity index (χ1n) is 7.14. The third kappa shape index (κ3) is 3.89. The van der Waals surface area contributed by atoms with Crippen molar-refractivity contribution in [2.24, 2.45) is 0 Å². The molecule has 0 radical (unpaired) electrons. The highest BCUT2D eigenvalue weighted by Gasteiger charge is 2.10. The molecule has 1 N–H and O–H groups in total. The fourth-order valence-electron chi connectivity index (χ4n) is 2.31. The Bertz CT molecular complexity index is 687. The summed E-state index contributed by atoms with van der Waals surface area (Å²) in [5.74, 6) is 0.592. The third-order valence-corrected chi connectivity index (χ3v) is 4.13. The third-order valence-electron chi connectivity index (χ3n) is 3.68. The van der Waals surface area contributed by atoms with Gasteiger partial charge in [-0.05, 0) is 68.1 Å². The average Bonchev–Trinajstić information content (AvgIpc) is 2.44. The molecule has 0 aliphatic heterocycles. The van der Waals surface area contributed by atoms with Crippen LogP contribution in [0.3, 0.4) is 0 Å². The summed E-state index contributed by atoms with van der Waals surface area (Å²) in [6, 6.07) is 9.80. The molecule has 0 bridgehead atoms. The van der Waals surface area contributed by atoms with Crippen molar-refractivity contribution in [1.82, 2.24) is 0 Å². The molecule has 4 heteroatoms. The van der Waals surface area contributed by atoms with Crippen LogP contribution in [-0.4, -0.2) is 12.5 Å². The van der Waals surface area contributed by atoms with E-state index >= 15 is 0 Å². The molecule has 0 spiro atoms. The zero-order valence-corrected chi connectivity index (χ0v) is 14.9. The van der Waals surface area contributed by atoms with Gasteiger partial charge in [0.25, 0.3) is 5.91 Å². The molecule has 0 aliphatic carbocycles. The lowest BCUT2D eigenvalue weighted by Crippen LogP contribution is -2.21. The lowest BCUT2D eigenvalue weighted by Gasteiger charge is -2.14. The number of carbonyl (C=O) groups is 1. The van der Waals surface area contributed by atoms with E-state index in [0.717, 1.165) is 38.2 Å². The summed E-state index contributed by atoms with van der Waals surface area (Å²) in [6.45, 7) is 7.96. The van der Waals surface area contributed by atoms with Crippen molar-refractivity contribution in [1.29, 1.82) is 0 Å². The number of aryl methyl sites for hydroxylation is 3. The summed E-state index contributed by atoms with van der Waals surface area (Å²) >= 11 is 3.45. The van der Waals surface area contributed by atoms with Crippen molar-refractivity contribution in [2.75, 3.05) is 11.9 Å². The summed E-state index contributed by atoms with van der Waals surface area (Å²) in [6.07, 6.45) is 0. The number of carbonyl (C=O) groups excluding carboxylic acids is 1. The molecule has 0 unspecified atom stereocenters. The van der Waals surface area contributed by atoms with E-state index in [2.05, 4.69) is 21.2 Å². The Morgan fingerprint density at radius 1 is 1.09 bits per heavy atom. The van der Waals surface area contributed by atoms with E-state index < -0.39 is 0 Å². The van der Waals surface area contributed by atoms with Gasteiger partial charge in [0.15, 0.2) is 6.61 Å². The zero-order chi connectivity index (χ0) is 16.3. The normalized spacial score (nSPS) is 10.4. The van der Waals surface area contributed by atoms with E-state index in [0.29, 0.717) is 0 Å². The van der Waals surface area contributed by atoms with Crippen molar-refractivity contribution >= 4 is 27.5 Å². The van der Waals surface area contributed by atoms with Crippen LogP contribution in [0.4, 0.5) is 5.69 Å². The summed E-state index contributed by atoms with van der Waals surface area (Å²) < 4.78 is 6.64. The van der Waals surface area contributed by atoms with Crippen molar-refractivity contribution in [2.45, 2.75) is 27.7 Å². The maximum Gasteiger partial charge on any atom is 0.262 e. The van der Waals surface area contributed by atoms with Crippen molar-refractivity contribution in [3.63, 3.8) is 0 Å². The van der Waals surface area contributed by atoms with Gasteiger partial charge in [0.1, 0.15) is 5.75 Å². The van der Waals surface area contributed by atoms with E-state index in [1.165, 1.54) is 0 Å². The van der Waals surface area contributed by atoms with Gasteiger partial charge in [0.05, 0.1) is 0 Å². The number of hydrogen-bond acceptors (Lipinski definition) is 2. The van der Waals surface area contributed by atoms with Gasteiger partial charge in [-0.15, -0.1) is 0 Å². The minimum Gasteiger partial charge on any atom is -0.483 e. The Kier molecular flexibility index (Phi) is 5.24. The Morgan fingerprint density at radius 3 is 2.36 bits per heavy atom. The molecule has 0 aromatic heterocycles. The maximum absolute atomic E-state index is 12.1. The molecule has 0 aliphatic rings. The van der Waals surface area contributed by atoms with Gasteiger partial charge in [0.2, 0.25) is 0 Å². The molecule has 0 fully saturated rings. The largest absolute Gasteiger partial charge is 0.483 e. The Balaban J connectivity index is 2.04. The van der Waals surface area contributed by atoms with Gasteiger partial charge in [-0.25, -0.2) is 0 Å². The number of rotatable bonds is 4. The van der Waals surface area contributed by atoms with E-state index in [9.17, 15) is 4.79 Å². The Morgan fingerprint density at radius 2 is 1.73 bits per heavy atom. The number of ether oxygens (including phenoxy) is 1. The summed E-state index contributed by atoms with van der Waals surface area (Å²) in [5, 5.41) is 2.93. The second-order valence-electron chi connectivity index (χ2n) is 5.45. The van der Waals surface area contributed by atoms with E-state index in [4.69, 9.17) is 4.74 Å².